The fourth-order valence-electron chi connectivity index (χ4n) is 1.36. The van der Waals surface area contributed by atoms with Crippen molar-refractivity contribution in [2.75, 3.05) is 17.7 Å². The summed E-state index contributed by atoms with van der Waals surface area (Å²) in [5.74, 6) is 0.284. The Morgan fingerprint density at radius 3 is 2.89 bits per heavy atom. The van der Waals surface area contributed by atoms with Crippen molar-refractivity contribution in [3.8, 4) is 0 Å². The van der Waals surface area contributed by atoms with Gasteiger partial charge in [0.2, 0.25) is 0 Å². The van der Waals surface area contributed by atoms with Gasteiger partial charge in [0.25, 0.3) is 5.91 Å². The molecule has 0 aliphatic rings. The first-order valence-electron chi connectivity index (χ1n) is 5.26. The number of nitrogens with zero attached hydrogens (tertiary/aromatic N) is 2. The number of nitrogens with one attached hydrogen (secondary N) is 2. The van der Waals surface area contributed by atoms with E-state index < -0.39 is 0 Å². The van der Waals surface area contributed by atoms with Gasteiger partial charge < -0.3 is 10.6 Å². The fourth-order valence-corrected chi connectivity index (χ4v) is 1.90. The van der Waals surface area contributed by atoms with E-state index in [1.165, 1.54) is 6.20 Å². The molecule has 0 atom stereocenters. The summed E-state index contributed by atoms with van der Waals surface area (Å²) in [5, 5.41) is 5.62. The quantitative estimate of drug-likeness (QED) is 0.831. The van der Waals surface area contributed by atoms with Crippen molar-refractivity contribution in [1.29, 1.82) is 0 Å². The first-order valence-corrected chi connectivity index (χ1v) is 6.33. The van der Waals surface area contributed by atoms with Crippen LogP contribution in [-0.4, -0.2) is 22.9 Å². The van der Waals surface area contributed by atoms with Crippen LogP contribution in [0.4, 0.5) is 11.5 Å². The summed E-state index contributed by atoms with van der Waals surface area (Å²) in [6, 6.07) is 7.55. The molecule has 1 amide bonds. The maximum absolute atomic E-state index is 11.9. The van der Waals surface area contributed by atoms with E-state index in [4.69, 9.17) is 0 Å². The van der Waals surface area contributed by atoms with E-state index in [1.807, 2.05) is 24.3 Å². The fraction of sp³-hybridized carbons (Fsp3) is 0.0833. The van der Waals surface area contributed by atoms with E-state index in [-0.39, 0.29) is 11.6 Å². The standard InChI is InChI=1S/C12H11IN4O/c1-14-11-7-15-6-10(17-11)12(18)16-9-4-2-3-8(13)5-9/h2-7H,1H3,(H,14,17)(H,16,18). The number of hydrogen-bond donors (Lipinski definition) is 2. The molecule has 2 N–H and O–H groups in total. The van der Waals surface area contributed by atoms with Gasteiger partial charge in [-0.3, -0.25) is 9.78 Å². The van der Waals surface area contributed by atoms with Gasteiger partial charge in [-0.25, -0.2) is 4.98 Å². The summed E-state index contributed by atoms with van der Waals surface area (Å²) in [7, 11) is 1.73. The molecule has 0 aliphatic carbocycles. The van der Waals surface area contributed by atoms with Crippen LogP contribution < -0.4 is 10.6 Å². The minimum Gasteiger partial charge on any atom is -0.372 e. The van der Waals surface area contributed by atoms with Crippen LogP contribution in [0, 0.1) is 3.57 Å². The van der Waals surface area contributed by atoms with Crippen LogP contribution in [0.5, 0.6) is 0 Å². The normalized spacial score (nSPS) is 9.89. The molecule has 5 nitrogen and oxygen atoms in total. The zero-order chi connectivity index (χ0) is 13.0. The highest BCUT2D eigenvalue weighted by Gasteiger charge is 2.08. The lowest BCUT2D eigenvalue weighted by molar-refractivity contribution is 0.102. The van der Waals surface area contributed by atoms with Gasteiger partial charge in [-0.15, -0.1) is 0 Å². The number of anilines is 2. The number of rotatable bonds is 3. The zero-order valence-electron chi connectivity index (χ0n) is 9.64. The molecule has 6 heteroatoms. The van der Waals surface area contributed by atoms with Crippen molar-refractivity contribution in [3.05, 3.63) is 45.9 Å². The molecule has 0 spiro atoms. The van der Waals surface area contributed by atoms with E-state index >= 15 is 0 Å². The molecule has 92 valence electrons. The number of benzene rings is 1. The molecule has 0 radical (unpaired) electrons. The van der Waals surface area contributed by atoms with Gasteiger partial charge >= 0.3 is 0 Å². The van der Waals surface area contributed by atoms with Crippen LogP contribution in [0.3, 0.4) is 0 Å². The molecule has 0 bridgehead atoms. The molecule has 1 aromatic carbocycles. The average molecular weight is 354 g/mol. The van der Waals surface area contributed by atoms with Gasteiger partial charge in [0.05, 0.1) is 12.4 Å². The Kier molecular flexibility index (Phi) is 4.08. The maximum atomic E-state index is 11.9. The van der Waals surface area contributed by atoms with E-state index in [0.29, 0.717) is 5.82 Å². The number of aromatic nitrogens is 2. The summed E-state index contributed by atoms with van der Waals surface area (Å²) in [4.78, 5) is 20.0. The minimum atomic E-state index is -0.276. The number of carbonyl (C=O) groups is 1. The summed E-state index contributed by atoms with van der Waals surface area (Å²) >= 11 is 2.19. The average Bonchev–Trinajstić information content (AvgIpc) is 2.39. The summed E-state index contributed by atoms with van der Waals surface area (Å²) in [5.41, 5.74) is 1.02. The van der Waals surface area contributed by atoms with E-state index in [9.17, 15) is 4.79 Å². The zero-order valence-corrected chi connectivity index (χ0v) is 11.8. The summed E-state index contributed by atoms with van der Waals surface area (Å²) < 4.78 is 1.06. The highest BCUT2D eigenvalue weighted by atomic mass is 127. The molecule has 2 aromatic rings. The van der Waals surface area contributed by atoms with Crippen LogP contribution in [0.25, 0.3) is 0 Å². The molecule has 0 fully saturated rings. The number of hydrogen-bond acceptors (Lipinski definition) is 4. The van der Waals surface area contributed by atoms with Crippen molar-refractivity contribution in [1.82, 2.24) is 9.97 Å². The highest BCUT2D eigenvalue weighted by Crippen LogP contribution is 2.13. The molecule has 0 saturated carbocycles. The second-order valence-corrected chi connectivity index (χ2v) is 4.75. The van der Waals surface area contributed by atoms with Crippen molar-refractivity contribution in [3.63, 3.8) is 0 Å². The van der Waals surface area contributed by atoms with Crippen LogP contribution >= 0.6 is 22.6 Å². The SMILES string of the molecule is CNc1cncc(C(=O)Nc2cccc(I)c2)n1. The van der Waals surface area contributed by atoms with Crippen molar-refractivity contribution < 1.29 is 4.79 Å². The third-order valence-electron chi connectivity index (χ3n) is 2.21. The molecular formula is C12H11IN4O. The number of amides is 1. The Hall–Kier alpha value is -1.70. The van der Waals surface area contributed by atoms with Gasteiger partial charge in [-0.1, -0.05) is 6.07 Å². The molecule has 2 rings (SSSR count). The van der Waals surface area contributed by atoms with E-state index in [0.717, 1.165) is 9.26 Å². The molecule has 18 heavy (non-hydrogen) atoms. The lowest BCUT2D eigenvalue weighted by Gasteiger charge is -2.05. The predicted molar refractivity (Wildman–Crippen MR) is 78.7 cm³/mol. The molecule has 1 heterocycles. The van der Waals surface area contributed by atoms with Crippen LogP contribution in [-0.2, 0) is 0 Å². The van der Waals surface area contributed by atoms with Crippen molar-refractivity contribution >= 4 is 40.0 Å². The van der Waals surface area contributed by atoms with E-state index in [2.05, 4.69) is 43.2 Å². The Morgan fingerprint density at radius 2 is 2.17 bits per heavy atom. The first-order chi connectivity index (χ1) is 8.69. The maximum Gasteiger partial charge on any atom is 0.275 e. The van der Waals surface area contributed by atoms with Crippen molar-refractivity contribution in [2.24, 2.45) is 0 Å². The van der Waals surface area contributed by atoms with Gasteiger partial charge in [-0.2, -0.15) is 0 Å². The highest BCUT2D eigenvalue weighted by molar-refractivity contribution is 14.1. The minimum absolute atomic E-state index is 0.276. The van der Waals surface area contributed by atoms with Crippen LogP contribution in [0.15, 0.2) is 36.7 Å². The Balaban J connectivity index is 2.16. The monoisotopic (exact) mass is 354 g/mol. The van der Waals surface area contributed by atoms with Crippen LogP contribution in [0.2, 0.25) is 0 Å². The van der Waals surface area contributed by atoms with Gasteiger partial charge in [0.1, 0.15) is 11.5 Å². The predicted octanol–water partition coefficient (Wildman–Crippen LogP) is 2.38. The van der Waals surface area contributed by atoms with E-state index in [1.54, 1.807) is 13.2 Å². The largest absolute Gasteiger partial charge is 0.372 e. The second kappa shape index (κ2) is 5.76. The Bertz CT molecular complexity index is 574. The van der Waals surface area contributed by atoms with Crippen LogP contribution in [0.1, 0.15) is 10.5 Å². The molecule has 1 aromatic heterocycles. The molecular weight excluding hydrogens is 343 g/mol. The number of carbonyl (C=O) groups excluding carboxylic acids is 1. The Morgan fingerprint density at radius 1 is 1.33 bits per heavy atom. The van der Waals surface area contributed by atoms with Gasteiger partial charge in [-0.05, 0) is 40.8 Å². The third kappa shape index (κ3) is 3.16. The van der Waals surface area contributed by atoms with Gasteiger partial charge in [0.15, 0.2) is 0 Å². The first kappa shape index (κ1) is 12.7. The summed E-state index contributed by atoms with van der Waals surface area (Å²) in [6.07, 6.45) is 2.99. The molecule has 0 aliphatic heterocycles. The molecule has 0 unspecified atom stereocenters. The lowest BCUT2D eigenvalue weighted by atomic mass is 10.3. The lowest BCUT2D eigenvalue weighted by Crippen LogP contribution is -2.14. The van der Waals surface area contributed by atoms with Gasteiger partial charge in [0, 0.05) is 16.3 Å². The second-order valence-electron chi connectivity index (χ2n) is 3.50. The van der Waals surface area contributed by atoms with Crippen molar-refractivity contribution in [2.45, 2.75) is 0 Å². The topological polar surface area (TPSA) is 66.9 Å². The summed E-state index contributed by atoms with van der Waals surface area (Å²) in [6.45, 7) is 0. The Labute approximate surface area is 118 Å². The number of halogens is 1. The third-order valence-corrected chi connectivity index (χ3v) is 2.88. The smallest absolute Gasteiger partial charge is 0.275 e. The molecule has 0 saturated heterocycles.